The second-order valence-electron chi connectivity index (χ2n) is 5.14. The molecule has 102 valence electrons. The molecule has 0 saturated carbocycles. The lowest BCUT2D eigenvalue weighted by atomic mass is 9.84. The minimum Gasteiger partial charge on any atom is -0.316 e. The van der Waals surface area contributed by atoms with E-state index in [-0.39, 0.29) is 5.41 Å². The molecule has 0 aliphatic heterocycles. The lowest BCUT2D eigenvalue weighted by Gasteiger charge is -2.26. The van der Waals surface area contributed by atoms with E-state index in [1.807, 2.05) is 0 Å². The summed E-state index contributed by atoms with van der Waals surface area (Å²) in [6, 6.07) is 8.91. The Morgan fingerprint density at radius 3 is 2.22 bits per heavy atom. The molecule has 1 aromatic carbocycles. The van der Waals surface area contributed by atoms with E-state index in [2.05, 4.69) is 61.9 Å². The molecule has 2 nitrogen and oxygen atoms in total. The van der Waals surface area contributed by atoms with Gasteiger partial charge in [0, 0.05) is 29.9 Å². The van der Waals surface area contributed by atoms with Crippen LogP contribution in [0.3, 0.4) is 0 Å². The lowest BCUT2D eigenvalue weighted by Crippen LogP contribution is -2.36. The fourth-order valence-corrected chi connectivity index (χ4v) is 2.31. The topological polar surface area (TPSA) is 24.1 Å². The maximum Gasteiger partial charge on any atom is 0.00770 e. The van der Waals surface area contributed by atoms with Crippen LogP contribution in [0.2, 0.25) is 0 Å². The molecule has 0 unspecified atom stereocenters. The Morgan fingerprint density at radius 2 is 1.67 bits per heavy atom. The Morgan fingerprint density at radius 1 is 1.06 bits per heavy atom. The van der Waals surface area contributed by atoms with Crippen LogP contribution in [0.15, 0.2) is 29.2 Å². The summed E-state index contributed by atoms with van der Waals surface area (Å²) >= 11 is 1.79. The van der Waals surface area contributed by atoms with Gasteiger partial charge in [0.1, 0.15) is 0 Å². The van der Waals surface area contributed by atoms with E-state index in [1.165, 1.54) is 10.5 Å². The van der Waals surface area contributed by atoms with Crippen molar-refractivity contribution < 1.29 is 0 Å². The molecule has 0 heterocycles. The third-order valence-electron chi connectivity index (χ3n) is 3.17. The fourth-order valence-electron chi connectivity index (χ4n) is 1.90. The summed E-state index contributed by atoms with van der Waals surface area (Å²) in [4.78, 5) is 1.33. The number of thioether (sulfide) groups is 1. The highest BCUT2D eigenvalue weighted by atomic mass is 32.2. The molecule has 1 rings (SSSR count). The molecule has 2 N–H and O–H groups in total. The van der Waals surface area contributed by atoms with Crippen LogP contribution < -0.4 is 10.6 Å². The van der Waals surface area contributed by atoms with Crippen molar-refractivity contribution in [3.8, 4) is 0 Å². The first kappa shape index (κ1) is 15.5. The van der Waals surface area contributed by atoms with Gasteiger partial charge in [-0.05, 0) is 30.5 Å². The van der Waals surface area contributed by atoms with Crippen molar-refractivity contribution in [3.63, 3.8) is 0 Å². The van der Waals surface area contributed by atoms with Crippen molar-refractivity contribution in [2.75, 3.05) is 32.4 Å². The summed E-state index contributed by atoms with van der Waals surface area (Å²) in [6.45, 7) is 10.8. The maximum atomic E-state index is 3.52. The number of hydrogen-bond acceptors (Lipinski definition) is 3. The molecule has 0 bridgehead atoms. The van der Waals surface area contributed by atoms with Crippen molar-refractivity contribution in [3.05, 3.63) is 29.8 Å². The highest BCUT2D eigenvalue weighted by Crippen LogP contribution is 2.24. The predicted molar refractivity (Wildman–Crippen MR) is 82.7 cm³/mol. The van der Waals surface area contributed by atoms with Crippen LogP contribution in [0.4, 0.5) is 0 Å². The summed E-state index contributed by atoms with van der Waals surface area (Å²) in [5, 5.41) is 6.84. The molecule has 3 heteroatoms. The molecule has 0 saturated heterocycles. The summed E-state index contributed by atoms with van der Waals surface area (Å²) in [5.41, 5.74) is 1.58. The van der Waals surface area contributed by atoms with Gasteiger partial charge in [0.05, 0.1) is 0 Å². The molecule has 0 amide bonds. The largest absolute Gasteiger partial charge is 0.316 e. The van der Waals surface area contributed by atoms with E-state index in [4.69, 9.17) is 0 Å². The summed E-state index contributed by atoms with van der Waals surface area (Å²) in [6.07, 6.45) is 2.11. The van der Waals surface area contributed by atoms with E-state index < -0.39 is 0 Å². The summed E-state index contributed by atoms with van der Waals surface area (Å²) in [5.74, 6) is 0. The van der Waals surface area contributed by atoms with E-state index >= 15 is 0 Å². The molecule has 18 heavy (non-hydrogen) atoms. The van der Waals surface area contributed by atoms with Crippen molar-refractivity contribution in [2.45, 2.75) is 31.1 Å². The average Bonchev–Trinajstić information content (AvgIpc) is 2.38. The van der Waals surface area contributed by atoms with Crippen LogP contribution in [-0.2, 0) is 5.41 Å². The van der Waals surface area contributed by atoms with Crippen LogP contribution in [0.25, 0.3) is 0 Å². The minimum absolute atomic E-state index is 0.184. The predicted octanol–water partition coefficient (Wildman–Crippen LogP) is 2.89. The van der Waals surface area contributed by atoms with E-state index in [0.717, 1.165) is 26.2 Å². The van der Waals surface area contributed by atoms with Gasteiger partial charge < -0.3 is 10.6 Å². The zero-order valence-electron chi connectivity index (χ0n) is 12.0. The van der Waals surface area contributed by atoms with Crippen molar-refractivity contribution in [1.82, 2.24) is 10.6 Å². The first-order valence-electron chi connectivity index (χ1n) is 6.66. The number of likely N-dealkylation sites (N-methyl/N-ethyl adjacent to an activating group) is 1. The van der Waals surface area contributed by atoms with Crippen LogP contribution in [-0.4, -0.2) is 32.4 Å². The molecule has 0 radical (unpaired) electrons. The molecule has 0 aliphatic rings. The van der Waals surface area contributed by atoms with Gasteiger partial charge in [-0.3, -0.25) is 0 Å². The lowest BCUT2D eigenvalue weighted by molar-refractivity contribution is 0.466. The fraction of sp³-hybridized carbons (Fsp3) is 0.600. The molecule has 0 spiro atoms. The summed E-state index contributed by atoms with van der Waals surface area (Å²) < 4.78 is 0. The highest BCUT2D eigenvalue weighted by Gasteiger charge is 2.19. The number of rotatable bonds is 8. The van der Waals surface area contributed by atoms with Gasteiger partial charge in [-0.1, -0.05) is 32.9 Å². The standard InChI is InChI=1S/C15H26N2S/c1-5-16-10-11-17-12-15(2,3)13-6-8-14(18-4)9-7-13/h6-9,16-17H,5,10-12H2,1-4H3. The second kappa shape index (κ2) is 7.82. The third kappa shape index (κ3) is 5.01. The molecular weight excluding hydrogens is 240 g/mol. The Labute approximate surface area is 116 Å². The van der Waals surface area contributed by atoms with E-state index in [0.29, 0.717) is 0 Å². The normalized spacial score (nSPS) is 11.8. The maximum absolute atomic E-state index is 3.52. The average molecular weight is 266 g/mol. The molecule has 0 atom stereocenters. The molecule has 0 fully saturated rings. The third-order valence-corrected chi connectivity index (χ3v) is 3.91. The van der Waals surface area contributed by atoms with Gasteiger partial charge in [-0.25, -0.2) is 0 Å². The monoisotopic (exact) mass is 266 g/mol. The smallest absolute Gasteiger partial charge is 0.00770 e. The molecule has 1 aromatic rings. The number of benzene rings is 1. The number of hydrogen-bond donors (Lipinski definition) is 2. The molecule has 0 aliphatic carbocycles. The van der Waals surface area contributed by atoms with Gasteiger partial charge in [-0.15, -0.1) is 11.8 Å². The van der Waals surface area contributed by atoms with Crippen LogP contribution in [0.1, 0.15) is 26.3 Å². The second-order valence-corrected chi connectivity index (χ2v) is 6.02. The summed E-state index contributed by atoms with van der Waals surface area (Å²) in [7, 11) is 0. The highest BCUT2D eigenvalue weighted by molar-refractivity contribution is 7.98. The Balaban J connectivity index is 2.45. The Bertz CT molecular complexity index is 333. The van der Waals surface area contributed by atoms with E-state index in [9.17, 15) is 0 Å². The zero-order valence-corrected chi connectivity index (χ0v) is 12.9. The quantitative estimate of drug-likeness (QED) is 0.559. The van der Waals surface area contributed by atoms with Crippen molar-refractivity contribution >= 4 is 11.8 Å². The molecule has 0 aromatic heterocycles. The SMILES string of the molecule is CCNCCNCC(C)(C)c1ccc(SC)cc1. The van der Waals surface area contributed by atoms with Gasteiger partial charge >= 0.3 is 0 Å². The molecular formula is C15H26N2S. The van der Waals surface area contributed by atoms with Gasteiger partial charge in [0.15, 0.2) is 0 Å². The van der Waals surface area contributed by atoms with Crippen LogP contribution >= 0.6 is 11.8 Å². The van der Waals surface area contributed by atoms with Crippen molar-refractivity contribution in [1.29, 1.82) is 0 Å². The Kier molecular flexibility index (Phi) is 6.76. The van der Waals surface area contributed by atoms with Gasteiger partial charge in [-0.2, -0.15) is 0 Å². The van der Waals surface area contributed by atoms with Gasteiger partial charge in [0.25, 0.3) is 0 Å². The van der Waals surface area contributed by atoms with E-state index in [1.54, 1.807) is 11.8 Å². The number of nitrogens with one attached hydrogen (secondary N) is 2. The Hall–Kier alpha value is -0.510. The first-order valence-corrected chi connectivity index (χ1v) is 7.88. The van der Waals surface area contributed by atoms with Crippen molar-refractivity contribution in [2.24, 2.45) is 0 Å². The van der Waals surface area contributed by atoms with Crippen LogP contribution in [0, 0.1) is 0 Å². The van der Waals surface area contributed by atoms with Crippen LogP contribution in [0.5, 0.6) is 0 Å². The zero-order chi connectivity index (χ0) is 13.4. The first-order chi connectivity index (χ1) is 8.60. The minimum atomic E-state index is 0.184. The van der Waals surface area contributed by atoms with Gasteiger partial charge in [0.2, 0.25) is 0 Å².